The number of aromatic carboxylic acids is 1. The van der Waals surface area contributed by atoms with E-state index in [0.717, 1.165) is 0 Å². The molecule has 0 unspecified atom stereocenters. The van der Waals surface area contributed by atoms with E-state index < -0.39 is 17.3 Å². The van der Waals surface area contributed by atoms with E-state index >= 15 is 0 Å². The van der Waals surface area contributed by atoms with Gasteiger partial charge in [0.2, 0.25) is 6.08 Å². The van der Waals surface area contributed by atoms with Gasteiger partial charge in [-0.2, -0.15) is 4.99 Å². The van der Waals surface area contributed by atoms with Gasteiger partial charge in [0.05, 0.1) is 4.47 Å². The maximum absolute atomic E-state index is 13.4. The van der Waals surface area contributed by atoms with Gasteiger partial charge in [0.1, 0.15) is 11.3 Å². The molecule has 1 aromatic rings. The molecule has 0 amide bonds. The summed E-state index contributed by atoms with van der Waals surface area (Å²) < 4.78 is 13.5. The number of nitrogens with zero attached hydrogens (tertiary/aromatic N) is 1. The van der Waals surface area contributed by atoms with E-state index in [1.165, 1.54) is 12.1 Å². The van der Waals surface area contributed by atoms with Gasteiger partial charge < -0.3 is 5.11 Å². The number of hydrogen-bond donors (Lipinski definition) is 1. The predicted octanol–water partition coefficient (Wildman–Crippen LogP) is 3.02. The maximum atomic E-state index is 13.4. The average Bonchev–Trinajstić information content (AvgIpc) is 2.14. The molecule has 0 radical (unpaired) electrons. The Morgan fingerprint density at radius 3 is 2.53 bits per heavy atom. The van der Waals surface area contributed by atoms with Crippen molar-refractivity contribution in [2.24, 2.45) is 4.99 Å². The van der Waals surface area contributed by atoms with E-state index in [2.05, 4.69) is 36.9 Å². The van der Waals surface area contributed by atoms with E-state index in [0.29, 0.717) is 0 Å². The minimum Gasteiger partial charge on any atom is -0.478 e. The standard InChI is InChI=1S/C8H2Br2FNO3/c9-3-1-4(10)7(12-2-13)5(6(3)11)8(14)15/h1H,(H,14,15). The number of isocyanates is 1. The Morgan fingerprint density at radius 2 is 2.07 bits per heavy atom. The van der Waals surface area contributed by atoms with Crippen molar-refractivity contribution in [1.82, 2.24) is 0 Å². The van der Waals surface area contributed by atoms with Gasteiger partial charge in [0.15, 0.2) is 5.82 Å². The fourth-order valence-electron chi connectivity index (χ4n) is 0.936. The van der Waals surface area contributed by atoms with E-state index in [1.54, 1.807) is 0 Å². The molecule has 7 heteroatoms. The van der Waals surface area contributed by atoms with Crippen molar-refractivity contribution in [3.63, 3.8) is 0 Å². The predicted molar refractivity (Wildman–Crippen MR) is 56.5 cm³/mol. The normalized spacial score (nSPS) is 9.53. The molecular weight excluding hydrogens is 337 g/mol. The van der Waals surface area contributed by atoms with E-state index in [1.807, 2.05) is 0 Å². The molecule has 0 heterocycles. The summed E-state index contributed by atoms with van der Waals surface area (Å²) in [6.07, 6.45) is 1.17. The molecule has 78 valence electrons. The highest BCUT2D eigenvalue weighted by Gasteiger charge is 2.21. The highest BCUT2D eigenvalue weighted by atomic mass is 79.9. The van der Waals surface area contributed by atoms with Crippen LogP contribution >= 0.6 is 31.9 Å². The molecule has 1 rings (SSSR count). The Labute approximate surface area is 100 Å². The largest absolute Gasteiger partial charge is 0.478 e. The van der Waals surface area contributed by atoms with E-state index in [-0.39, 0.29) is 14.6 Å². The van der Waals surface area contributed by atoms with Crippen LogP contribution in [0.15, 0.2) is 20.0 Å². The van der Waals surface area contributed by atoms with Crippen LogP contribution in [0.5, 0.6) is 0 Å². The van der Waals surface area contributed by atoms with Crippen molar-refractivity contribution in [2.45, 2.75) is 0 Å². The second-order valence-corrected chi connectivity index (χ2v) is 4.09. The van der Waals surface area contributed by atoms with Crippen molar-refractivity contribution >= 4 is 49.6 Å². The van der Waals surface area contributed by atoms with Crippen LogP contribution in [0.25, 0.3) is 0 Å². The minimum absolute atomic E-state index is 0.0309. The fourth-order valence-corrected chi connectivity index (χ4v) is 2.19. The lowest BCUT2D eigenvalue weighted by Gasteiger charge is -2.05. The zero-order chi connectivity index (χ0) is 11.6. The van der Waals surface area contributed by atoms with Crippen LogP contribution in [-0.4, -0.2) is 17.2 Å². The molecule has 0 bridgehead atoms. The molecule has 0 spiro atoms. The van der Waals surface area contributed by atoms with Crippen LogP contribution in [0.2, 0.25) is 0 Å². The van der Waals surface area contributed by atoms with Gasteiger partial charge in [-0.1, -0.05) is 0 Å². The molecule has 0 atom stereocenters. The number of aliphatic imine (C=N–C) groups is 1. The zero-order valence-corrected chi connectivity index (χ0v) is 10.1. The van der Waals surface area contributed by atoms with Crippen LogP contribution in [0.3, 0.4) is 0 Å². The maximum Gasteiger partial charge on any atom is 0.341 e. The molecule has 1 aromatic carbocycles. The lowest BCUT2D eigenvalue weighted by molar-refractivity contribution is 0.0692. The molecular formula is C8H2Br2FNO3. The number of rotatable bonds is 2. The number of carbonyl (C=O) groups is 1. The van der Waals surface area contributed by atoms with Gasteiger partial charge in [0, 0.05) is 4.47 Å². The number of hydrogen-bond acceptors (Lipinski definition) is 3. The number of halogens is 3. The summed E-state index contributed by atoms with van der Waals surface area (Å²) in [4.78, 5) is 23.9. The Kier molecular flexibility index (Phi) is 3.73. The minimum atomic E-state index is -1.51. The third-order valence-corrected chi connectivity index (χ3v) is 2.70. The average molecular weight is 339 g/mol. The first-order valence-corrected chi connectivity index (χ1v) is 5.06. The second-order valence-electron chi connectivity index (χ2n) is 2.39. The highest BCUT2D eigenvalue weighted by Crippen LogP contribution is 2.35. The number of benzene rings is 1. The van der Waals surface area contributed by atoms with Gasteiger partial charge in [-0.25, -0.2) is 14.0 Å². The van der Waals surface area contributed by atoms with Crippen LogP contribution in [0.4, 0.5) is 10.1 Å². The third-order valence-electron chi connectivity index (χ3n) is 1.52. The molecule has 0 aromatic heterocycles. The van der Waals surface area contributed by atoms with E-state index in [4.69, 9.17) is 5.11 Å². The first-order chi connectivity index (χ1) is 6.99. The second kappa shape index (κ2) is 4.65. The first kappa shape index (κ1) is 12.0. The molecule has 0 aliphatic heterocycles. The van der Waals surface area contributed by atoms with Crippen LogP contribution in [0, 0.1) is 5.82 Å². The Hall–Kier alpha value is -1.04. The van der Waals surface area contributed by atoms with Crippen LogP contribution in [-0.2, 0) is 4.79 Å². The molecule has 0 fully saturated rings. The molecule has 0 aliphatic rings. The van der Waals surface area contributed by atoms with E-state index in [9.17, 15) is 14.0 Å². The van der Waals surface area contributed by atoms with Crippen molar-refractivity contribution in [1.29, 1.82) is 0 Å². The van der Waals surface area contributed by atoms with Crippen LogP contribution in [0.1, 0.15) is 10.4 Å². The van der Waals surface area contributed by atoms with Crippen LogP contribution < -0.4 is 0 Å². The number of carbonyl (C=O) groups excluding carboxylic acids is 1. The molecule has 0 saturated heterocycles. The zero-order valence-electron chi connectivity index (χ0n) is 6.92. The summed E-state index contributed by atoms with van der Waals surface area (Å²) >= 11 is 5.81. The summed E-state index contributed by atoms with van der Waals surface area (Å²) in [6.45, 7) is 0. The smallest absolute Gasteiger partial charge is 0.341 e. The number of carboxylic acids is 1. The van der Waals surface area contributed by atoms with Gasteiger partial charge >= 0.3 is 5.97 Å². The van der Waals surface area contributed by atoms with Gasteiger partial charge in [-0.05, 0) is 37.9 Å². The first-order valence-electron chi connectivity index (χ1n) is 3.47. The molecule has 0 aliphatic carbocycles. The summed E-state index contributed by atoms with van der Waals surface area (Å²) in [5.41, 5.74) is -0.974. The molecule has 15 heavy (non-hydrogen) atoms. The lowest BCUT2D eigenvalue weighted by atomic mass is 10.1. The molecule has 1 N–H and O–H groups in total. The van der Waals surface area contributed by atoms with Crippen molar-refractivity contribution < 1.29 is 19.1 Å². The van der Waals surface area contributed by atoms with Gasteiger partial charge in [0.25, 0.3) is 0 Å². The van der Waals surface area contributed by atoms with Crippen molar-refractivity contribution in [2.75, 3.05) is 0 Å². The summed E-state index contributed by atoms with van der Waals surface area (Å²) in [5, 5.41) is 8.75. The van der Waals surface area contributed by atoms with Crippen molar-refractivity contribution in [3.05, 3.63) is 26.4 Å². The quantitative estimate of drug-likeness (QED) is 0.512. The summed E-state index contributed by atoms with van der Waals surface area (Å²) in [7, 11) is 0. The summed E-state index contributed by atoms with van der Waals surface area (Å²) in [5.74, 6) is -2.50. The van der Waals surface area contributed by atoms with Crippen molar-refractivity contribution in [3.8, 4) is 0 Å². The highest BCUT2D eigenvalue weighted by molar-refractivity contribution is 9.11. The summed E-state index contributed by atoms with van der Waals surface area (Å²) in [6, 6.07) is 1.26. The molecule has 0 saturated carbocycles. The Balaban J connectivity index is 3.68. The fraction of sp³-hybridized carbons (Fsp3) is 0. The third kappa shape index (κ3) is 2.31. The Bertz CT molecular complexity index is 483. The van der Waals surface area contributed by atoms with Gasteiger partial charge in [-0.3, -0.25) is 0 Å². The Morgan fingerprint density at radius 1 is 1.47 bits per heavy atom. The SMILES string of the molecule is O=C=Nc1c(Br)cc(Br)c(F)c1C(=O)O. The monoisotopic (exact) mass is 337 g/mol. The topological polar surface area (TPSA) is 66.7 Å². The number of carboxylic acid groups (broad SMARTS) is 1. The lowest BCUT2D eigenvalue weighted by Crippen LogP contribution is -2.02. The van der Waals surface area contributed by atoms with Gasteiger partial charge in [-0.15, -0.1) is 0 Å². The molecule has 4 nitrogen and oxygen atoms in total.